The third-order valence-electron chi connectivity index (χ3n) is 2.58. The summed E-state index contributed by atoms with van der Waals surface area (Å²) >= 11 is 0. The molecule has 0 aliphatic carbocycles. The predicted octanol–water partition coefficient (Wildman–Crippen LogP) is 2.03. The number of hydrogen-bond donors (Lipinski definition) is 2. The van der Waals surface area contributed by atoms with Crippen LogP contribution in [0.4, 0.5) is 10.5 Å². The van der Waals surface area contributed by atoms with Gasteiger partial charge in [-0.15, -0.1) is 0 Å². The molecule has 0 radical (unpaired) electrons. The second kappa shape index (κ2) is 6.10. The van der Waals surface area contributed by atoms with E-state index in [0.717, 1.165) is 0 Å². The molecule has 0 spiro atoms. The first kappa shape index (κ1) is 15.9. The molecule has 0 bridgehead atoms. The molecular weight excluding hydrogens is 284 g/mol. The number of nitrogens with two attached hydrogens (primary N) is 1. The number of rotatable bonds is 3. The second-order valence-corrected chi connectivity index (χ2v) is 5.85. The largest absolute Gasteiger partial charge is 0.444 e. The molecule has 2 aromatic rings. The fraction of sp³-hybridized carbons (Fsp3) is 0.429. The van der Waals surface area contributed by atoms with E-state index >= 15 is 0 Å². The fourth-order valence-corrected chi connectivity index (χ4v) is 1.76. The summed E-state index contributed by atoms with van der Waals surface area (Å²) < 4.78 is 6.70. The average molecular weight is 304 g/mol. The normalized spacial score (nSPS) is 12.8. The number of amides is 1. The molecule has 1 amide bonds. The third kappa shape index (κ3) is 4.01. The van der Waals surface area contributed by atoms with Gasteiger partial charge in [0.2, 0.25) is 0 Å². The zero-order valence-electron chi connectivity index (χ0n) is 13.1. The number of nitrogens with zero attached hydrogens (tertiary/aromatic N) is 4. The van der Waals surface area contributed by atoms with Gasteiger partial charge in [0.05, 0.1) is 18.1 Å². The van der Waals surface area contributed by atoms with Crippen molar-refractivity contribution in [3.05, 3.63) is 30.5 Å². The van der Waals surface area contributed by atoms with Gasteiger partial charge in [-0.25, -0.2) is 14.5 Å². The molecule has 3 N–H and O–H groups in total. The highest BCUT2D eigenvalue weighted by atomic mass is 16.6. The van der Waals surface area contributed by atoms with Crippen molar-refractivity contribution >= 4 is 11.8 Å². The monoisotopic (exact) mass is 304 g/mol. The quantitative estimate of drug-likeness (QED) is 0.898. The van der Waals surface area contributed by atoms with Gasteiger partial charge < -0.3 is 10.5 Å². The first-order valence-electron chi connectivity index (χ1n) is 6.88. The van der Waals surface area contributed by atoms with Gasteiger partial charge in [0.1, 0.15) is 11.3 Å². The Morgan fingerprint density at radius 2 is 2.05 bits per heavy atom. The third-order valence-corrected chi connectivity index (χ3v) is 2.58. The van der Waals surface area contributed by atoms with E-state index in [4.69, 9.17) is 10.5 Å². The lowest BCUT2D eigenvalue weighted by atomic mass is 10.2. The molecular formula is C14H20N6O2. The Kier molecular flexibility index (Phi) is 4.41. The van der Waals surface area contributed by atoms with Gasteiger partial charge in [0.25, 0.3) is 0 Å². The lowest BCUT2D eigenvalue weighted by molar-refractivity contribution is 0.0636. The van der Waals surface area contributed by atoms with Crippen LogP contribution in [0.25, 0.3) is 5.82 Å². The molecule has 1 unspecified atom stereocenters. The SMILES string of the molecule is CC(N)c1nccnc1-n1cc(NC(=O)OC(C)(C)C)cn1. The van der Waals surface area contributed by atoms with Crippen LogP contribution in [-0.4, -0.2) is 31.4 Å². The first-order chi connectivity index (χ1) is 10.3. The van der Waals surface area contributed by atoms with Crippen LogP contribution in [0.5, 0.6) is 0 Å². The molecule has 22 heavy (non-hydrogen) atoms. The van der Waals surface area contributed by atoms with Gasteiger partial charge in [-0.2, -0.15) is 5.10 Å². The van der Waals surface area contributed by atoms with Gasteiger partial charge in [0.15, 0.2) is 5.82 Å². The number of hydrogen-bond acceptors (Lipinski definition) is 6. The highest BCUT2D eigenvalue weighted by Crippen LogP contribution is 2.17. The van der Waals surface area contributed by atoms with Crippen LogP contribution in [0.1, 0.15) is 39.4 Å². The molecule has 1 atom stereocenters. The van der Waals surface area contributed by atoms with Crippen molar-refractivity contribution in [2.45, 2.75) is 39.3 Å². The van der Waals surface area contributed by atoms with Crippen LogP contribution in [0.15, 0.2) is 24.8 Å². The Balaban J connectivity index is 2.17. The van der Waals surface area contributed by atoms with Crippen LogP contribution < -0.4 is 11.1 Å². The van der Waals surface area contributed by atoms with E-state index in [2.05, 4.69) is 20.4 Å². The van der Waals surface area contributed by atoms with E-state index in [1.165, 1.54) is 10.9 Å². The number of nitrogens with one attached hydrogen (secondary N) is 1. The number of carbonyl (C=O) groups is 1. The molecule has 8 heteroatoms. The Bertz CT molecular complexity index is 659. The standard InChI is InChI=1S/C14H20N6O2/c1-9(15)11-12(17-6-5-16-11)20-8-10(7-18-20)19-13(21)22-14(2,3)4/h5-9H,15H2,1-4H3,(H,19,21). The highest BCUT2D eigenvalue weighted by molar-refractivity contribution is 5.84. The maximum Gasteiger partial charge on any atom is 0.412 e. The summed E-state index contributed by atoms with van der Waals surface area (Å²) in [6, 6.07) is -0.282. The van der Waals surface area contributed by atoms with Crippen molar-refractivity contribution in [3.63, 3.8) is 0 Å². The van der Waals surface area contributed by atoms with Gasteiger partial charge in [-0.1, -0.05) is 0 Å². The number of carbonyl (C=O) groups excluding carboxylic acids is 1. The van der Waals surface area contributed by atoms with E-state index < -0.39 is 11.7 Å². The zero-order valence-corrected chi connectivity index (χ0v) is 13.1. The molecule has 0 aromatic carbocycles. The summed E-state index contributed by atoms with van der Waals surface area (Å²) in [6.07, 6.45) is 5.72. The molecule has 8 nitrogen and oxygen atoms in total. The topological polar surface area (TPSA) is 108 Å². The average Bonchev–Trinajstić information content (AvgIpc) is 2.84. The van der Waals surface area contributed by atoms with E-state index in [1.807, 2.05) is 6.92 Å². The lowest BCUT2D eigenvalue weighted by Gasteiger charge is -2.19. The minimum Gasteiger partial charge on any atom is -0.444 e. The number of anilines is 1. The summed E-state index contributed by atoms with van der Waals surface area (Å²) in [4.78, 5) is 20.2. The van der Waals surface area contributed by atoms with Crippen molar-refractivity contribution in [1.82, 2.24) is 19.7 Å². The Morgan fingerprint density at radius 3 is 2.68 bits per heavy atom. The molecule has 0 fully saturated rings. The van der Waals surface area contributed by atoms with Crippen LogP contribution in [0, 0.1) is 0 Å². The lowest BCUT2D eigenvalue weighted by Crippen LogP contribution is -2.27. The molecule has 118 valence electrons. The molecule has 0 saturated carbocycles. The van der Waals surface area contributed by atoms with Crippen molar-refractivity contribution in [2.75, 3.05) is 5.32 Å². The predicted molar refractivity (Wildman–Crippen MR) is 81.6 cm³/mol. The summed E-state index contributed by atoms with van der Waals surface area (Å²) in [5, 5.41) is 6.78. The van der Waals surface area contributed by atoms with Crippen LogP contribution in [0.3, 0.4) is 0 Å². The maximum atomic E-state index is 11.7. The van der Waals surface area contributed by atoms with E-state index in [0.29, 0.717) is 17.2 Å². The molecule has 2 heterocycles. The summed E-state index contributed by atoms with van der Waals surface area (Å²) in [5.41, 5.74) is 6.43. The maximum absolute atomic E-state index is 11.7. The summed E-state index contributed by atoms with van der Waals surface area (Å²) in [6.45, 7) is 7.20. The van der Waals surface area contributed by atoms with Crippen LogP contribution in [-0.2, 0) is 4.74 Å². The highest BCUT2D eigenvalue weighted by Gasteiger charge is 2.17. The molecule has 2 rings (SSSR count). The number of aromatic nitrogens is 4. The van der Waals surface area contributed by atoms with Crippen LogP contribution in [0.2, 0.25) is 0 Å². The summed E-state index contributed by atoms with van der Waals surface area (Å²) in [7, 11) is 0. The van der Waals surface area contributed by atoms with Gasteiger partial charge in [-0.3, -0.25) is 10.3 Å². The van der Waals surface area contributed by atoms with E-state index in [1.54, 1.807) is 39.4 Å². The second-order valence-electron chi connectivity index (χ2n) is 5.85. The first-order valence-corrected chi connectivity index (χ1v) is 6.88. The molecule has 0 aliphatic heterocycles. The fourth-order valence-electron chi connectivity index (χ4n) is 1.76. The molecule has 2 aromatic heterocycles. The number of ether oxygens (including phenoxy) is 1. The minimum absolute atomic E-state index is 0.282. The zero-order chi connectivity index (χ0) is 16.3. The Hall–Kier alpha value is -2.48. The van der Waals surface area contributed by atoms with E-state index in [-0.39, 0.29) is 6.04 Å². The van der Waals surface area contributed by atoms with Crippen molar-refractivity contribution in [2.24, 2.45) is 5.73 Å². The minimum atomic E-state index is -0.562. The molecule has 0 saturated heterocycles. The van der Waals surface area contributed by atoms with E-state index in [9.17, 15) is 4.79 Å². The van der Waals surface area contributed by atoms with Gasteiger partial charge in [0, 0.05) is 18.4 Å². The smallest absolute Gasteiger partial charge is 0.412 e. The van der Waals surface area contributed by atoms with Crippen LogP contribution >= 0.6 is 0 Å². The van der Waals surface area contributed by atoms with Crippen molar-refractivity contribution in [3.8, 4) is 5.82 Å². The van der Waals surface area contributed by atoms with Gasteiger partial charge >= 0.3 is 6.09 Å². The van der Waals surface area contributed by atoms with Crippen molar-refractivity contribution < 1.29 is 9.53 Å². The summed E-state index contributed by atoms with van der Waals surface area (Å²) in [5.74, 6) is 0.523. The molecule has 0 aliphatic rings. The Morgan fingerprint density at radius 1 is 1.36 bits per heavy atom. The van der Waals surface area contributed by atoms with Gasteiger partial charge in [-0.05, 0) is 27.7 Å². The van der Waals surface area contributed by atoms with Crippen molar-refractivity contribution in [1.29, 1.82) is 0 Å². The Labute approximate surface area is 128 Å².